The lowest BCUT2D eigenvalue weighted by Crippen LogP contribution is -2.40. The molecular weight excluding hydrogens is 468 g/mol. The number of hydrogen-bond donors (Lipinski definition) is 2. The number of nitrogens with one attached hydrogen (secondary N) is 2. The average Bonchev–Trinajstić information content (AvgIpc) is 2.83. The summed E-state index contributed by atoms with van der Waals surface area (Å²) in [5, 5.41) is 4.27. The number of carbonyl (C=O) groups excluding carboxylic acids is 2. The Kier molecular flexibility index (Phi) is 8.44. The number of fused-ring (bicyclic) bond motifs is 1. The maximum Gasteiger partial charge on any atom is 0.332 e. The third kappa shape index (κ3) is 5.79. The van der Waals surface area contributed by atoms with E-state index < -0.39 is 28.4 Å². The second-order valence-electron chi connectivity index (χ2n) is 8.52. The van der Waals surface area contributed by atoms with Crippen LogP contribution in [-0.4, -0.2) is 38.1 Å². The van der Waals surface area contributed by atoms with E-state index in [1.807, 2.05) is 26.8 Å². The highest BCUT2D eigenvalue weighted by Crippen LogP contribution is 2.37. The zero-order valence-electron chi connectivity index (χ0n) is 20.5. The standard InChI is InChI=1S/C24H30N6O4S/c1-6-12-30-19-17(22(32)29(5)24(30)34)21(27-16(26-19)13-14(2)3)35-18(15-10-8-7-9-11-15)20(31)28-23(33)25-4/h7-11,14,18H,6,12-13H2,1-5H3,(H2,25,28,31,33). The van der Waals surface area contributed by atoms with E-state index in [9.17, 15) is 19.2 Å². The highest BCUT2D eigenvalue weighted by atomic mass is 32.2. The Bertz CT molecular complexity index is 1350. The molecule has 0 radical (unpaired) electrons. The summed E-state index contributed by atoms with van der Waals surface area (Å²) in [4.78, 5) is 60.4. The number of hydrogen-bond acceptors (Lipinski definition) is 7. The number of benzene rings is 1. The summed E-state index contributed by atoms with van der Waals surface area (Å²) in [6, 6.07) is 8.29. The minimum atomic E-state index is -0.880. The van der Waals surface area contributed by atoms with Crippen LogP contribution in [0, 0.1) is 5.92 Å². The lowest BCUT2D eigenvalue weighted by Gasteiger charge is -2.19. The molecule has 0 fully saturated rings. The van der Waals surface area contributed by atoms with Gasteiger partial charge in [0.2, 0.25) is 5.91 Å². The number of carbonyl (C=O) groups is 2. The highest BCUT2D eigenvalue weighted by Gasteiger charge is 2.27. The normalized spacial score (nSPS) is 12.1. The van der Waals surface area contributed by atoms with Crippen LogP contribution in [-0.2, 0) is 24.8 Å². The Morgan fingerprint density at radius 2 is 1.80 bits per heavy atom. The van der Waals surface area contributed by atoms with Crippen molar-refractivity contribution in [2.24, 2.45) is 13.0 Å². The van der Waals surface area contributed by atoms with Gasteiger partial charge in [-0.3, -0.25) is 24.0 Å². The van der Waals surface area contributed by atoms with E-state index in [0.29, 0.717) is 30.8 Å². The first kappa shape index (κ1) is 26.1. The molecule has 0 saturated heterocycles. The minimum Gasteiger partial charge on any atom is -0.341 e. The van der Waals surface area contributed by atoms with Crippen LogP contribution in [0.2, 0.25) is 0 Å². The Hall–Kier alpha value is -3.47. The Labute approximate surface area is 207 Å². The van der Waals surface area contributed by atoms with Crippen LogP contribution in [0.5, 0.6) is 0 Å². The van der Waals surface area contributed by atoms with Crippen LogP contribution in [0.15, 0.2) is 44.9 Å². The molecule has 1 atom stereocenters. The van der Waals surface area contributed by atoms with E-state index >= 15 is 0 Å². The monoisotopic (exact) mass is 498 g/mol. The summed E-state index contributed by atoms with van der Waals surface area (Å²) in [6.07, 6.45) is 1.19. The molecule has 0 spiro atoms. The van der Waals surface area contributed by atoms with E-state index in [1.54, 1.807) is 24.3 Å². The SMILES string of the molecule is CCCn1c(=O)n(C)c(=O)c2c(SC(C(=O)NC(=O)NC)c3ccccc3)nc(CC(C)C)nc21. The van der Waals surface area contributed by atoms with Crippen LogP contribution in [0.1, 0.15) is 43.8 Å². The van der Waals surface area contributed by atoms with Gasteiger partial charge in [-0.05, 0) is 17.9 Å². The van der Waals surface area contributed by atoms with Gasteiger partial charge in [-0.25, -0.2) is 19.6 Å². The van der Waals surface area contributed by atoms with Gasteiger partial charge < -0.3 is 5.32 Å². The van der Waals surface area contributed by atoms with Crippen molar-refractivity contribution in [1.29, 1.82) is 0 Å². The molecule has 2 N–H and O–H groups in total. The number of aromatic nitrogens is 4. The van der Waals surface area contributed by atoms with Crippen LogP contribution in [0.4, 0.5) is 4.79 Å². The third-order valence-electron chi connectivity index (χ3n) is 5.27. The number of amides is 3. The number of thioether (sulfide) groups is 1. The summed E-state index contributed by atoms with van der Waals surface area (Å²) >= 11 is 1.06. The summed E-state index contributed by atoms with van der Waals surface area (Å²) in [5.74, 6) is 0.145. The molecule has 1 unspecified atom stereocenters. The fourth-order valence-electron chi connectivity index (χ4n) is 3.60. The zero-order chi connectivity index (χ0) is 25.7. The van der Waals surface area contributed by atoms with Crippen LogP contribution in [0.25, 0.3) is 11.0 Å². The molecule has 2 heterocycles. The Balaban J connectivity index is 2.28. The third-order valence-corrected chi connectivity index (χ3v) is 6.51. The number of rotatable bonds is 8. The number of imide groups is 1. The Morgan fingerprint density at radius 1 is 1.11 bits per heavy atom. The van der Waals surface area contributed by atoms with Gasteiger partial charge in [0.15, 0.2) is 5.65 Å². The lowest BCUT2D eigenvalue weighted by molar-refractivity contribution is -0.119. The molecule has 0 aliphatic rings. The van der Waals surface area contributed by atoms with E-state index in [-0.39, 0.29) is 22.0 Å². The van der Waals surface area contributed by atoms with Gasteiger partial charge in [0.1, 0.15) is 21.5 Å². The van der Waals surface area contributed by atoms with Crippen molar-refractivity contribution in [3.8, 4) is 0 Å². The van der Waals surface area contributed by atoms with Gasteiger partial charge in [0, 0.05) is 27.1 Å². The van der Waals surface area contributed by atoms with Crippen molar-refractivity contribution >= 4 is 34.7 Å². The van der Waals surface area contributed by atoms with Crippen LogP contribution in [0.3, 0.4) is 0 Å². The topological polar surface area (TPSA) is 128 Å². The van der Waals surface area contributed by atoms with E-state index in [2.05, 4.69) is 20.6 Å². The van der Waals surface area contributed by atoms with Gasteiger partial charge in [-0.1, -0.05) is 62.9 Å². The molecular formula is C24H30N6O4S. The summed E-state index contributed by atoms with van der Waals surface area (Å²) in [6.45, 7) is 6.36. The maximum atomic E-state index is 13.3. The first-order chi connectivity index (χ1) is 16.7. The van der Waals surface area contributed by atoms with Crippen molar-refractivity contribution in [3.05, 3.63) is 62.6 Å². The molecule has 11 heteroatoms. The van der Waals surface area contributed by atoms with Crippen molar-refractivity contribution in [1.82, 2.24) is 29.7 Å². The van der Waals surface area contributed by atoms with Crippen LogP contribution >= 0.6 is 11.8 Å². The molecule has 35 heavy (non-hydrogen) atoms. The molecule has 0 aliphatic heterocycles. The summed E-state index contributed by atoms with van der Waals surface area (Å²) < 4.78 is 2.52. The summed E-state index contributed by atoms with van der Waals surface area (Å²) in [7, 11) is 2.83. The predicted octanol–water partition coefficient (Wildman–Crippen LogP) is 2.39. The molecule has 0 bridgehead atoms. The average molecular weight is 499 g/mol. The quantitative estimate of drug-likeness (QED) is 0.360. The smallest absolute Gasteiger partial charge is 0.332 e. The molecule has 3 aromatic rings. The molecule has 3 rings (SSSR count). The van der Waals surface area contributed by atoms with E-state index in [1.165, 1.54) is 18.7 Å². The van der Waals surface area contributed by atoms with Gasteiger partial charge in [0.05, 0.1) is 0 Å². The van der Waals surface area contributed by atoms with Gasteiger partial charge in [-0.15, -0.1) is 0 Å². The highest BCUT2D eigenvalue weighted by molar-refractivity contribution is 8.00. The number of aryl methyl sites for hydroxylation is 1. The predicted molar refractivity (Wildman–Crippen MR) is 136 cm³/mol. The second kappa shape index (κ2) is 11.3. The lowest BCUT2D eigenvalue weighted by atomic mass is 10.1. The largest absolute Gasteiger partial charge is 0.341 e. The van der Waals surface area contributed by atoms with E-state index in [0.717, 1.165) is 16.3 Å². The molecule has 10 nitrogen and oxygen atoms in total. The molecule has 0 saturated carbocycles. The summed E-state index contributed by atoms with van der Waals surface area (Å²) in [5.41, 5.74) is -0.0951. The van der Waals surface area contributed by atoms with Crippen molar-refractivity contribution in [3.63, 3.8) is 0 Å². The fourth-order valence-corrected chi connectivity index (χ4v) is 4.74. The van der Waals surface area contributed by atoms with Crippen molar-refractivity contribution in [2.75, 3.05) is 7.05 Å². The first-order valence-electron chi connectivity index (χ1n) is 11.4. The number of nitrogens with zero attached hydrogens (tertiary/aromatic N) is 4. The second-order valence-corrected chi connectivity index (χ2v) is 9.61. The van der Waals surface area contributed by atoms with Crippen molar-refractivity contribution in [2.45, 2.75) is 50.4 Å². The fraction of sp³-hybridized carbons (Fsp3) is 0.417. The molecule has 3 amide bonds. The van der Waals surface area contributed by atoms with Gasteiger partial charge >= 0.3 is 11.7 Å². The molecule has 186 valence electrons. The Morgan fingerprint density at radius 3 is 2.40 bits per heavy atom. The maximum absolute atomic E-state index is 13.3. The van der Waals surface area contributed by atoms with Crippen molar-refractivity contribution < 1.29 is 9.59 Å². The van der Waals surface area contributed by atoms with Crippen LogP contribution < -0.4 is 21.9 Å². The zero-order valence-corrected chi connectivity index (χ0v) is 21.3. The molecule has 2 aromatic heterocycles. The minimum absolute atomic E-state index is 0.173. The molecule has 0 aliphatic carbocycles. The van der Waals surface area contributed by atoms with Gasteiger partial charge in [0.25, 0.3) is 5.56 Å². The first-order valence-corrected chi connectivity index (χ1v) is 12.3. The van der Waals surface area contributed by atoms with E-state index in [4.69, 9.17) is 0 Å². The molecule has 1 aromatic carbocycles. The number of urea groups is 1. The van der Waals surface area contributed by atoms with Gasteiger partial charge in [-0.2, -0.15) is 0 Å².